The molecule has 0 bridgehead atoms. The molecule has 1 aromatic heterocycles. The van der Waals surface area contributed by atoms with Crippen LogP contribution in [0.2, 0.25) is 0 Å². The molecule has 1 saturated heterocycles. The molecule has 4 rings (SSSR count). The van der Waals surface area contributed by atoms with Gasteiger partial charge in [0.2, 0.25) is 0 Å². The highest BCUT2D eigenvalue weighted by Crippen LogP contribution is 2.31. The van der Waals surface area contributed by atoms with Crippen LogP contribution >= 0.6 is 0 Å². The van der Waals surface area contributed by atoms with E-state index in [1.165, 1.54) is 6.07 Å². The highest BCUT2D eigenvalue weighted by atomic mass is 19.4. The summed E-state index contributed by atoms with van der Waals surface area (Å²) in [4.78, 5) is 34.0. The summed E-state index contributed by atoms with van der Waals surface area (Å²) in [6.45, 7) is 2.48. The topological polar surface area (TPSA) is 95.4 Å². The van der Waals surface area contributed by atoms with Gasteiger partial charge in [0, 0.05) is 24.3 Å². The number of nitrogens with one attached hydrogen (secondary N) is 1. The van der Waals surface area contributed by atoms with Crippen LogP contribution in [0.15, 0.2) is 42.5 Å². The Hall–Kier alpha value is -3.69. The lowest BCUT2D eigenvalue weighted by Crippen LogP contribution is -2.40. The van der Waals surface area contributed by atoms with Crippen LogP contribution in [-0.2, 0) is 11.0 Å². The van der Waals surface area contributed by atoms with Crippen LogP contribution in [0.4, 0.5) is 24.7 Å². The molecule has 0 atom stereocenters. The molecule has 10 heteroatoms. The summed E-state index contributed by atoms with van der Waals surface area (Å²) in [7, 11) is 0. The number of hydrogen-bond donors (Lipinski definition) is 2. The molecule has 0 saturated carbocycles. The molecule has 1 amide bonds. The van der Waals surface area contributed by atoms with Crippen molar-refractivity contribution in [1.82, 2.24) is 14.9 Å². The van der Waals surface area contributed by atoms with E-state index in [4.69, 9.17) is 5.11 Å². The minimum absolute atomic E-state index is 0.120. The van der Waals surface area contributed by atoms with E-state index in [1.54, 1.807) is 36.1 Å². The second-order valence-electron chi connectivity index (χ2n) is 7.97. The number of likely N-dealkylation sites (tertiary alicyclic amines) is 1. The molecule has 2 N–H and O–H groups in total. The second kappa shape index (κ2) is 8.68. The van der Waals surface area contributed by atoms with Gasteiger partial charge in [-0.1, -0.05) is 0 Å². The zero-order chi connectivity index (χ0) is 23.8. The fourth-order valence-corrected chi connectivity index (χ4v) is 3.78. The number of rotatable bonds is 4. The highest BCUT2D eigenvalue weighted by Gasteiger charge is 2.31. The maximum Gasteiger partial charge on any atom is 0.416 e. The Labute approximate surface area is 187 Å². The summed E-state index contributed by atoms with van der Waals surface area (Å²) in [6, 6.07) is 9.86. The second-order valence-corrected chi connectivity index (χ2v) is 7.97. The predicted molar refractivity (Wildman–Crippen MR) is 115 cm³/mol. The van der Waals surface area contributed by atoms with Gasteiger partial charge in [0.25, 0.3) is 5.91 Å². The molecule has 0 unspecified atom stereocenters. The van der Waals surface area contributed by atoms with Crippen molar-refractivity contribution in [2.45, 2.75) is 25.9 Å². The number of anilines is 2. The third-order valence-corrected chi connectivity index (χ3v) is 5.69. The number of alkyl halides is 3. The maximum absolute atomic E-state index is 13.0. The van der Waals surface area contributed by atoms with Crippen molar-refractivity contribution in [3.63, 3.8) is 0 Å². The van der Waals surface area contributed by atoms with Crippen molar-refractivity contribution in [2.75, 3.05) is 18.4 Å². The summed E-state index contributed by atoms with van der Waals surface area (Å²) in [6.07, 6.45) is -3.62. The molecule has 2 aromatic carbocycles. The first-order valence-electron chi connectivity index (χ1n) is 10.4. The molecule has 0 aliphatic carbocycles. The van der Waals surface area contributed by atoms with Crippen LogP contribution in [-0.4, -0.2) is 44.9 Å². The quantitative estimate of drug-likeness (QED) is 0.592. The van der Waals surface area contributed by atoms with E-state index in [2.05, 4.69) is 15.3 Å². The van der Waals surface area contributed by atoms with Crippen LogP contribution in [0.25, 0.3) is 11.0 Å². The molecular formula is C23H21F3N4O3. The Kier molecular flexibility index (Phi) is 5.92. The third kappa shape index (κ3) is 4.89. The van der Waals surface area contributed by atoms with Gasteiger partial charge in [-0.25, -0.2) is 9.97 Å². The zero-order valence-corrected chi connectivity index (χ0v) is 17.7. The number of carboxylic acids is 1. The summed E-state index contributed by atoms with van der Waals surface area (Å²) >= 11 is 0. The van der Waals surface area contributed by atoms with Crippen LogP contribution in [0.1, 0.15) is 34.5 Å². The number of halogens is 3. The number of carbonyl (C=O) groups excluding carboxylic acids is 1. The lowest BCUT2D eigenvalue weighted by atomic mass is 9.96. The van der Waals surface area contributed by atoms with Gasteiger partial charge in [-0.3, -0.25) is 9.59 Å². The number of fused-ring (bicyclic) bond motifs is 1. The third-order valence-electron chi connectivity index (χ3n) is 5.69. The van der Waals surface area contributed by atoms with Crippen LogP contribution in [0.5, 0.6) is 0 Å². The van der Waals surface area contributed by atoms with E-state index >= 15 is 0 Å². The van der Waals surface area contributed by atoms with Gasteiger partial charge in [-0.2, -0.15) is 13.2 Å². The number of aliphatic carboxylic acids is 1. The number of hydrogen-bond acceptors (Lipinski definition) is 5. The summed E-state index contributed by atoms with van der Waals surface area (Å²) in [5.74, 6) is -1.11. The van der Waals surface area contributed by atoms with Gasteiger partial charge in [0.05, 0.1) is 28.2 Å². The Morgan fingerprint density at radius 3 is 2.30 bits per heavy atom. The summed E-state index contributed by atoms with van der Waals surface area (Å²) < 4.78 is 39.0. The smallest absolute Gasteiger partial charge is 0.416 e. The van der Waals surface area contributed by atoms with Gasteiger partial charge in [-0.05, 0) is 62.2 Å². The molecule has 7 nitrogen and oxygen atoms in total. The van der Waals surface area contributed by atoms with Crippen molar-refractivity contribution in [3.05, 3.63) is 59.3 Å². The molecule has 1 aliphatic heterocycles. The largest absolute Gasteiger partial charge is 0.481 e. The molecule has 3 aromatic rings. The van der Waals surface area contributed by atoms with Crippen molar-refractivity contribution in [3.8, 4) is 0 Å². The van der Waals surface area contributed by atoms with Crippen molar-refractivity contribution in [1.29, 1.82) is 0 Å². The molecule has 172 valence electrons. The fraction of sp³-hybridized carbons (Fsp3) is 0.304. The molecule has 0 radical (unpaired) electrons. The van der Waals surface area contributed by atoms with E-state index in [0.717, 1.165) is 12.1 Å². The first kappa shape index (κ1) is 22.5. The summed E-state index contributed by atoms with van der Waals surface area (Å²) in [5.41, 5.74) is 1.26. The van der Waals surface area contributed by atoms with E-state index < -0.39 is 23.6 Å². The van der Waals surface area contributed by atoms with Gasteiger partial charge < -0.3 is 15.3 Å². The van der Waals surface area contributed by atoms with Crippen molar-refractivity contribution < 1.29 is 27.9 Å². The minimum atomic E-state index is -4.47. The monoisotopic (exact) mass is 458 g/mol. The van der Waals surface area contributed by atoms with Gasteiger partial charge >= 0.3 is 12.1 Å². The number of carbonyl (C=O) groups is 2. The van der Waals surface area contributed by atoms with Crippen LogP contribution in [0.3, 0.4) is 0 Å². The first-order valence-corrected chi connectivity index (χ1v) is 10.4. The van der Waals surface area contributed by atoms with E-state index in [9.17, 15) is 22.8 Å². The highest BCUT2D eigenvalue weighted by molar-refractivity contribution is 5.94. The number of benzene rings is 2. The molecule has 33 heavy (non-hydrogen) atoms. The van der Waals surface area contributed by atoms with E-state index in [-0.39, 0.29) is 11.4 Å². The van der Waals surface area contributed by atoms with Gasteiger partial charge in [-0.15, -0.1) is 0 Å². The Balaban J connectivity index is 1.49. The molecule has 0 spiro atoms. The predicted octanol–water partition coefficient (Wildman–Crippen LogP) is 4.64. The van der Waals surface area contributed by atoms with Crippen LogP contribution in [0, 0.1) is 12.8 Å². The molecule has 1 fully saturated rings. The van der Waals surface area contributed by atoms with Crippen LogP contribution < -0.4 is 5.32 Å². The summed E-state index contributed by atoms with van der Waals surface area (Å²) in [5, 5.41) is 12.1. The molecule has 2 heterocycles. The Bertz CT molecular complexity index is 1200. The van der Waals surface area contributed by atoms with E-state index in [0.29, 0.717) is 54.2 Å². The number of amides is 1. The Morgan fingerprint density at radius 2 is 1.70 bits per heavy atom. The van der Waals surface area contributed by atoms with Crippen molar-refractivity contribution >= 4 is 34.4 Å². The number of carboxylic acid groups (broad SMARTS) is 1. The van der Waals surface area contributed by atoms with E-state index in [1.807, 2.05) is 0 Å². The fourth-order valence-electron chi connectivity index (χ4n) is 3.78. The molecular weight excluding hydrogens is 437 g/mol. The van der Waals surface area contributed by atoms with Gasteiger partial charge in [0.1, 0.15) is 0 Å². The standard InChI is InChI=1S/C23H21F3N4O3/c1-13-20(29-19-12-16(23(24,25)26)4-7-18(19)27-13)28-17-5-2-14(3-6-17)21(31)30-10-8-15(9-11-30)22(32)33/h2-7,12,15H,8-11H2,1H3,(H,28,29)(H,32,33). The number of aryl methyl sites for hydroxylation is 1. The van der Waals surface area contributed by atoms with Crippen molar-refractivity contribution in [2.24, 2.45) is 5.92 Å². The SMILES string of the molecule is Cc1nc2ccc(C(F)(F)F)cc2nc1Nc1ccc(C(=O)N2CCC(C(=O)O)CC2)cc1. The normalized spacial score (nSPS) is 15.0. The first-order chi connectivity index (χ1) is 15.6. The molecule has 1 aliphatic rings. The average molecular weight is 458 g/mol. The lowest BCUT2D eigenvalue weighted by molar-refractivity contribution is -0.143. The average Bonchev–Trinajstić information content (AvgIpc) is 2.78. The number of aromatic nitrogens is 2. The maximum atomic E-state index is 13.0. The minimum Gasteiger partial charge on any atom is -0.481 e. The Morgan fingerprint density at radius 1 is 1.03 bits per heavy atom. The number of piperidine rings is 1. The van der Waals surface area contributed by atoms with Gasteiger partial charge in [0.15, 0.2) is 5.82 Å². The lowest BCUT2D eigenvalue weighted by Gasteiger charge is -2.30. The zero-order valence-electron chi connectivity index (χ0n) is 17.7. The number of nitrogens with zero attached hydrogens (tertiary/aromatic N) is 3.